The summed E-state index contributed by atoms with van der Waals surface area (Å²) in [6.45, 7) is 1.70. The second kappa shape index (κ2) is 9.00. The molecule has 144 valence electrons. The Kier molecular flexibility index (Phi) is 6.22. The molecule has 2 amide bonds. The molecule has 1 atom stereocenters. The van der Waals surface area contributed by atoms with Crippen molar-refractivity contribution >= 4 is 23.6 Å². The number of carbonyl (C=O) groups excluding carboxylic acids is 2. The molecular weight excluding hydrogens is 380 g/mol. The summed E-state index contributed by atoms with van der Waals surface area (Å²) in [7, 11) is 1.59. The van der Waals surface area contributed by atoms with Crippen molar-refractivity contribution in [2.45, 2.75) is 17.3 Å². The maximum absolute atomic E-state index is 12.3. The first kappa shape index (κ1) is 19.4. The zero-order chi connectivity index (χ0) is 19.9. The monoisotopic (exact) mass is 398 g/mol. The van der Waals surface area contributed by atoms with E-state index in [1.165, 1.54) is 16.4 Å². The quantitative estimate of drug-likeness (QED) is 0.479. The standard InChI is InChI=1S/C18H18N6O3S/c1-12(16(25)19-20-17(26)13-6-4-3-5-7-13)28-18-21-22-23-24(18)14-8-10-15(27-2)11-9-14/h3-12H,1-2H3,(H,19,25)(H,20,26)/t12-/m0/s1. The van der Waals surface area contributed by atoms with Crippen LogP contribution in [0.3, 0.4) is 0 Å². The maximum Gasteiger partial charge on any atom is 0.269 e. The van der Waals surface area contributed by atoms with Crippen LogP contribution in [0.4, 0.5) is 0 Å². The number of carbonyl (C=O) groups is 2. The first-order chi connectivity index (χ1) is 13.6. The van der Waals surface area contributed by atoms with Crippen LogP contribution < -0.4 is 15.6 Å². The molecule has 9 nitrogen and oxygen atoms in total. The van der Waals surface area contributed by atoms with Crippen LogP contribution in [-0.2, 0) is 4.79 Å². The van der Waals surface area contributed by atoms with Crippen LogP contribution >= 0.6 is 11.8 Å². The summed E-state index contributed by atoms with van der Waals surface area (Å²) < 4.78 is 6.66. The Balaban J connectivity index is 1.60. The Hall–Kier alpha value is -3.40. The van der Waals surface area contributed by atoms with Gasteiger partial charge in [-0.25, -0.2) is 0 Å². The van der Waals surface area contributed by atoms with Gasteiger partial charge in [-0.3, -0.25) is 20.4 Å². The summed E-state index contributed by atoms with van der Waals surface area (Å²) in [5, 5.41) is 11.5. The van der Waals surface area contributed by atoms with Crippen LogP contribution in [0.1, 0.15) is 17.3 Å². The maximum atomic E-state index is 12.3. The Labute approximate surface area is 165 Å². The van der Waals surface area contributed by atoms with Gasteiger partial charge in [-0.1, -0.05) is 30.0 Å². The van der Waals surface area contributed by atoms with Crippen LogP contribution in [0, 0.1) is 0 Å². The summed E-state index contributed by atoms with van der Waals surface area (Å²) in [5.41, 5.74) is 5.99. The highest BCUT2D eigenvalue weighted by Crippen LogP contribution is 2.23. The average molecular weight is 398 g/mol. The molecule has 0 aliphatic rings. The zero-order valence-corrected chi connectivity index (χ0v) is 16.0. The number of hydrazine groups is 1. The summed E-state index contributed by atoms with van der Waals surface area (Å²) in [5.74, 6) is -0.0549. The molecule has 3 aromatic rings. The molecule has 0 aliphatic carbocycles. The number of aromatic nitrogens is 4. The number of ether oxygens (including phenoxy) is 1. The van der Waals surface area contributed by atoms with Crippen molar-refractivity contribution in [2.24, 2.45) is 0 Å². The molecular formula is C18H18N6O3S. The minimum Gasteiger partial charge on any atom is -0.497 e. The molecule has 1 heterocycles. The van der Waals surface area contributed by atoms with Gasteiger partial charge in [0, 0.05) is 5.56 Å². The first-order valence-corrected chi connectivity index (χ1v) is 9.21. The molecule has 10 heteroatoms. The van der Waals surface area contributed by atoms with Crippen molar-refractivity contribution in [3.05, 3.63) is 60.2 Å². The Morgan fingerprint density at radius 3 is 2.46 bits per heavy atom. The van der Waals surface area contributed by atoms with Gasteiger partial charge >= 0.3 is 0 Å². The highest BCUT2D eigenvalue weighted by molar-refractivity contribution is 8.00. The number of nitrogens with zero attached hydrogens (tertiary/aromatic N) is 4. The van der Waals surface area contributed by atoms with E-state index in [0.717, 1.165) is 5.69 Å². The van der Waals surface area contributed by atoms with Gasteiger partial charge < -0.3 is 4.74 Å². The van der Waals surface area contributed by atoms with Crippen molar-refractivity contribution < 1.29 is 14.3 Å². The fraction of sp³-hybridized carbons (Fsp3) is 0.167. The van der Waals surface area contributed by atoms with E-state index in [2.05, 4.69) is 26.4 Å². The number of benzene rings is 2. The van der Waals surface area contributed by atoms with E-state index in [1.807, 2.05) is 12.1 Å². The molecule has 0 unspecified atom stereocenters. The number of hydrogen-bond donors (Lipinski definition) is 2. The van der Waals surface area contributed by atoms with Crippen molar-refractivity contribution in [3.8, 4) is 11.4 Å². The molecule has 2 N–H and O–H groups in total. The van der Waals surface area contributed by atoms with E-state index in [1.54, 1.807) is 56.5 Å². The van der Waals surface area contributed by atoms with E-state index in [-0.39, 0.29) is 5.91 Å². The summed E-state index contributed by atoms with van der Waals surface area (Å²) >= 11 is 1.17. The molecule has 0 bridgehead atoms. The van der Waals surface area contributed by atoms with Crippen LogP contribution in [0.2, 0.25) is 0 Å². The predicted molar refractivity (Wildman–Crippen MR) is 103 cm³/mol. The third-order valence-electron chi connectivity index (χ3n) is 3.74. The zero-order valence-electron chi connectivity index (χ0n) is 15.2. The van der Waals surface area contributed by atoms with E-state index in [9.17, 15) is 9.59 Å². The van der Waals surface area contributed by atoms with Crippen LogP contribution in [0.15, 0.2) is 59.8 Å². The predicted octanol–water partition coefficient (Wildman–Crippen LogP) is 1.61. The largest absolute Gasteiger partial charge is 0.497 e. The Morgan fingerprint density at radius 2 is 1.79 bits per heavy atom. The van der Waals surface area contributed by atoms with Gasteiger partial charge in [0.1, 0.15) is 5.75 Å². The van der Waals surface area contributed by atoms with Crippen molar-refractivity contribution in [3.63, 3.8) is 0 Å². The van der Waals surface area contributed by atoms with Gasteiger partial charge in [-0.05, 0) is 53.7 Å². The number of rotatable bonds is 6. The highest BCUT2D eigenvalue weighted by Gasteiger charge is 2.20. The summed E-state index contributed by atoms with van der Waals surface area (Å²) in [6, 6.07) is 15.8. The number of amides is 2. The van der Waals surface area contributed by atoms with Gasteiger partial charge in [0.15, 0.2) is 0 Å². The lowest BCUT2D eigenvalue weighted by Gasteiger charge is -2.12. The fourth-order valence-electron chi connectivity index (χ4n) is 2.23. The van der Waals surface area contributed by atoms with Crippen LogP contribution in [0.5, 0.6) is 5.75 Å². The molecule has 0 saturated heterocycles. The molecule has 28 heavy (non-hydrogen) atoms. The van der Waals surface area contributed by atoms with Gasteiger partial charge in [-0.15, -0.1) is 5.10 Å². The first-order valence-electron chi connectivity index (χ1n) is 8.33. The number of methoxy groups -OCH3 is 1. The van der Waals surface area contributed by atoms with E-state index in [4.69, 9.17) is 4.74 Å². The lowest BCUT2D eigenvalue weighted by Crippen LogP contribution is -2.44. The Morgan fingerprint density at radius 1 is 1.07 bits per heavy atom. The minimum absolute atomic E-state index is 0.376. The molecule has 0 radical (unpaired) electrons. The SMILES string of the molecule is COc1ccc(-n2nnnc2S[C@@H](C)C(=O)NNC(=O)c2ccccc2)cc1. The molecule has 3 rings (SSSR count). The Bertz CT molecular complexity index is 945. The minimum atomic E-state index is -0.543. The molecule has 0 spiro atoms. The fourth-order valence-corrected chi connectivity index (χ4v) is 3.04. The second-order valence-electron chi connectivity index (χ2n) is 5.64. The number of thioether (sulfide) groups is 1. The van der Waals surface area contributed by atoms with Gasteiger partial charge in [0.05, 0.1) is 18.0 Å². The van der Waals surface area contributed by atoms with E-state index < -0.39 is 11.2 Å². The molecule has 0 fully saturated rings. The lowest BCUT2D eigenvalue weighted by atomic mass is 10.2. The third-order valence-corrected chi connectivity index (χ3v) is 4.78. The van der Waals surface area contributed by atoms with Crippen molar-refractivity contribution in [1.82, 2.24) is 31.1 Å². The van der Waals surface area contributed by atoms with Crippen molar-refractivity contribution in [1.29, 1.82) is 0 Å². The van der Waals surface area contributed by atoms with Gasteiger partial charge in [0.25, 0.3) is 11.8 Å². The average Bonchev–Trinajstić information content (AvgIpc) is 3.20. The van der Waals surface area contributed by atoms with Crippen molar-refractivity contribution in [2.75, 3.05) is 7.11 Å². The van der Waals surface area contributed by atoms with Gasteiger partial charge in [0.2, 0.25) is 5.16 Å². The highest BCUT2D eigenvalue weighted by atomic mass is 32.2. The van der Waals surface area contributed by atoms with Crippen LogP contribution in [0.25, 0.3) is 5.69 Å². The summed E-state index contributed by atoms with van der Waals surface area (Å²) in [6.07, 6.45) is 0. The van der Waals surface area contributed by atoms with Crippen LogP contribution in [-0.4, -0.2) is 44.4 Å². The van der Waals surface area contributed by atoms with E-state index >= 15 is 0 Å². The number of tetrazole rings is 1. The topological polar surface area (TPSA) is 111 Å². The number of hydrogen-bond acceptors (Lipinski definition) is 7. The summed E-state index contributed by atoms with van der Waals surface area (Å²) in [4.78, 5) is 24.3. The lowest BCUT2D eigenvalue weighted by molar-refractivity contribution is -0.121. The third kappa shape index (κ3) is 4.65. The normalized spacial score (nSPS) is 11.5. The molecule has 0 saturated carbocycles. The van der Waals surface area contributed by atoms with Gasteiger partial charge in [-0.2, -0.15) is 4.68 Å². The molecule has 0 aliphatic heterocycles. The smallest absolute Gasteiger partial charge is 0.269 e. The van der Waals surface area contributed by atoms with E-state index in [0.29, 0.717) is 16.5 Å². The molecule has 2 aromatic carbocycles. The molecule has 1 aromatic heterocycles. The second-order valence-corrected chi connectivity index (χ2v) is 6.95. The number of nitrogens with one attached hydrogen (secondary N) is 2.